The summed E-state index contributed by atoms with van der Waals surface area (Å²) in [6.45, 7) is 4.02. The van der Waals surface area contributed by atoms with Gasteiger partial charge in [-0.15, -0.1) is 4.33 Å². The Morgan fingerprint density at radius 3 is 2.46 bits per heavy atom. The van der Waals surface area contributed by atoms with Gasteiger partial charge in [-0.1, -0.05) is 13.8 Å². The maximum atomic E-state index is 13.3. The molecule has 1 heterocycles. The van der Waals surface area contributed by atoms with Crippen molar-refractivity contribution in [3.63, 3.8) is 0 Å². The predicted octanol–water partition coefficient (Wildman–Crippen LogP) is 2.43. The molecule has 1 unspecified atom stereocenters. The summed E-state index contributed by atoms with van der Waals surface area (Å²) >= 11 is 0. The highest BCUT2D eigenvalue weighted by Gasteiger charge is 2.37. The highest BCUT2D eigenvalue weighted by molar-refractivity contribution is 7.86. The van der Waals surface area contributed by atoms with Crippen LogP contribution in [0.4, 0.5) is 13.6 Å². The smallest absolute Gasteiger partial charge is 0.426 e. The number of hydrogen-bond donors (Lipinski definition) is 3. The van der Waals surface area contributed by atoms with Gasteiger partial charge < -0.3 is 10.1 Å². The van der Waals surface area contributed by atoms with E-state index in [4.69, 9.17) is 9.99 Å². The summed E-state index contributed by atoms with van der Waals surface area (Å²) in [5, 5.41) is 12.2. The van der Waals surface area contributed by atoms with E-state index in [1.165, 1.54) is 0 Å². The van der Waals surface area contributed by atoms with Crippen molar-refractivity contribution in [2.75, 3.05) is 18.9 Å². The van der Waals surface area contributed by atoms with Crippen LogP contribution in [0, 0.1) is 17.8 Å². The lowest BCUT2D eigenvalue weighted by Gasteiger charge is -2.33. The van der Waals surface area contributed by atoms with Crippen LogP contribution in [0.1, 0.15) is 65.2 Å². The minimum Gasteiger partial charge on any atom is -0.448 e. The van der Waals surface area contributed by atoms with Gasteiger partial charge in [0.2, 0.25) is 17.7 Å². The number of rotatable bonds is 11. The molecule has 2 fully saturated rings. The van der Waals surface area contributed by atoms with E-state index in [-0.39, 0.29) is 62.9 Å². The van der Waals surface area contributed by atoms with Crippen LogP contribution in [0.25, 0.3) is 0 Å². The third-order valence-corrected chi connectivity index (χ3v) is 7.32. The first-order valence-electron chi connectivity index (χ1n) is 11.8. The van der Waals surface area contributed by atoms with Crippen molar-refractivity contribution >= 4 is 28.0 Å². The van der Waals surface area contributed by atoms with Gasteiger partial charge >= 0.3 is 6.09 Å². The first-order chi connectivity index (χ1) is 16.3. The van der Waals surface area contributed by atoms with Crippen LogP contribution >= 0.6 is 0 Å². The molecule has 0 spiro atoms. The van der Waals surface area contributed by atoms with E-state index in [2.05, 4.69) is 15.1 Å². The van der Waals surface area contributed by atoms with Gasteiger partial charge in [0.05, 0.1) is 12.6 Å². The van der Waals surface area contributed by atoms with E-state index in [0.717, 1.165) is 5.01 Å². The summed E-state index contributed by atoms with van der Waals surface area (Å²) in [7, 11) is -4.50. The Balaban J connectivity index is 2.14. The fraction of sp³-hybridized carbons (Fsp3) is 0.857. The summed E-state index contributed by atoms with van der Waals surface area (Å²) < 4.78 is 59.4. The molecule has 0 bridgehead atoms. The van der Waals surface area contributed by atoms with Crippen molar-refractivity contribution < 1.29 is 45.9 Å². The Labute approximate surface area is 203 Å². The molecule has 1 saturated carbocycles. The topological polar surface area (TPSA) is 151 Å². The van der Waals surface area contributed by atoms with E-state index in [0.29, 0.717) is 19.4 Å². The lowest BCUT2D eigenvalue weighted by Crippen LogP contribution is -2.55. The fourth-order valence-electron chi connectivity index (χ4n) is 4.19. The number of hydrogen-bond acceptors (Lipinski definition) is 8. The molecule has 2 rings (SSSR count). The number of carbonyl (C=O) groups is 3. The number of ether oxygens (including phenoxy) is 1. The van der Waals surface area contributed by atoms with Gasteiger partial charge in [0.1, 0.15) is 5.75 Å². The van der Waals surface area contributed by atoms with Crippen molar-refractivity contribution in [1.82, 2.24) is 15.8 Å². The minimum absolute atomic E-state index is 0.0248. The lowest BCUT2D eigenvalue weighted by atomic mass is 9.87. The zero-order chi connectivity index (χ0) is 26.2. The summed E-state index contributed by atoms with van der Waals surface area (Å²) in [5.74, 6) is -5.26. The largest absolute Gasteiger partial charge is 0.448 e. The first-order valence-corrected chi connectivity index (χ1v) is 13.4. The summed E-state index contributed by atoms with van der Waals surface area (Å²) in [4.78, 5) is 37.6. The van der Waals surface area contributed by atoms with Crippen LogP contribution in [0.2, 0.25) is 0 Å². The standard InChI is InChI=1S/C21H35F2N3O8S/c1-14(2)3-4-18(27)26(25-20(29)33-12-15-5-8-21(22,23)9-6-15)17(13-35(31,32)34-30)11-16-7-10-24-19(16)28/h14-17,30H,3-13H2,1-2H3,(H,24,28)(H,25,29)/t16?,17-/m0/s1. The minimum atomic E-state index is -4.50. The Morgan fingerprint density at radius 1 is 1.26 bits per heavy atom. The molecule has 1 saturated heterocycles. The summed E-state index contributed by atoms with van der Waals surface area (Å²) in [6.07, 6.45) is -0.569. The summed E-state index contributed by atoms with van der Waals surface area (Å²) in [5.41, 5.74) is 2.27. The molecule has 11 nitrogen and oxygen atoms in total. The van der Waals surface area contributed by atoms with Crippen molar-refractivity contribution in [2.45, 2.75) is 77.2 Å². The Morgan fingerprint density at radius 2 is 1.91 bits per heavy atom. The first kappa shape index (κ1) is 29.2. The maximum Gasteiger partial charge on any atom is 0.426 e. The van der Waals surface area contributed by atoms with Gasteiger partial charge in [-0.05, 0) is 43.9 Å². The van der Waals surface area contributed by atoms with Crippen molar-refractivity contribution in [2.24, 2.45) is 17.8 Å². The zero-order valence-corrected chi connectivity index (χ0v) is 20.8. The second kappa shape index (κ2) is 12.8. The molecular formula is C21H35F2N3O8S. The fourth-order valence-corrected chi connectivity index (χ4v) is 5.01. The maximum absolute atomic E-state index is 13.3. The molecular weight excluding hydrogens is 492 g/mol. The zero-order valence-electron chi connectivity index (χ0n) is 20.0. The average Bonchev–Trinajstić information content (AvgIpc) is 3.18. The van der Waals surface area contributed by atoms with Gasteiger partial charge in [-0.25, -0.2) is 29.3 Å². The van der Waals surface area contributed by atoms with Crippen LogP contribution < -0.4 is 10.7 Å². The van der Waals surface area contributed by atoms with E-state index >= 15 is 0 Å². The molecule has 35 heavy (non-hydrogen) atoms. The molecule has 202 valence electrons. The lowest BCUT2D eigenvalue weighted by molar-refractivity contribution is -0.139. The number of nitrogens with zero attached hydrogens (tertiary/aromatic N) is 1. The molecule has 1 aliphatic carbocycles. The second-order valence-electron chi connectivity index (χ2n) is 9.67. The van der Waals surface area contributed by atoms with E-state index in [9.17, 15) is 31.6 Å². The van der Waals surface area contributed by atoms with Crippen LogP contribution in [0.15, 0.2) is 0 Å². The van der Waals surface area contributed by atoms with Gasteiger partial charge in [-0.3, -0.25) is 9.59 Å². The Kier molecular flexibility index (Phi) is 10.6. The van der Waals surface area contributed by atoms with E-state index < -0.39 is 45.8 Å². The second-order valence-corrected chi connectivity index (χ2v) is 11.3. The van der Waals surface area contributed by atoms with Gasteiger partial charge in [0.25, 0.3) is 10.1 Å². The molecule has 14 heteroatoms. The van der Waals surface area contributed by atoms with E-state index in [1.54, 1.807) is 0 Å². The number of halogens is 2. The molecule has 3 amide bonds. The molecule has 0 aromatic heterocycles. The molecule has 2 atom stereocenters. The van der Waals surface area contributed by atoms with Crippen LogP contribution in [-0.2, 0) is 28.8 Å². The molecule has 2 aliphatic rings. The van der Waals surface area contributed by atoms with Crippen LogP contribution in [-0.4, -0.2) is 67.5 Å². The monoisotopic (exact) mass is 527 g/mol. The number of nitrogens with one attached hydrogen (secondary N) is 2. The molecule has 1 aliphatic heterocycles. The molecule has 3 N–H and O–H groups in total. The quantitative estimate of drug-likeness (QED) is 0.274. The SMILES string of the molecule is CC(C)CCC(=O)N(NC(=O)OCC1CCC(F)(F)CC1)[C@@H](CC1CCNC1=O)CS(=O)(=O)OO. The third kappa shape index (κ3) is 9.84. The highest BCUT2D eigenvalue weighted by atomic mass is 32.2. The number of carbonyl (C=O) groups excluding carboxylic acids is 3. The van der Waals surface area contributed by atoms with Gasteiger partial charge in [-0.2, -0.15) is 8.42 Å². The molecule has 0 aromatic carbocycles. The van der Waals surface area contributed by atoms with Crippen LogP contribution in [0.3, 0.4) is 0 Å². The van der Waals surface area contributed by atoms with Gasteiger partial charge in [0, 0.05) is 31.7 Å². The summed E-state index contributed by atoms with van der Waals surface area (Å²) in [6, 6.07) is -1.23. The third-order valence-electron chi connectivity index (χ3n) is 6.30. The average molecular weight is 528 g/mol. The predicted molar refractivity (Wildman–Crippen MR) is 119 cm³/mol. The van der Waals surface area contributed by atoms with Gasteiger partial charge in [0.15, 0.2) is 0 Å². The van der Waals surface area contributed by atoms with Crippen molar-refractivity contribution in [3.05, 3.63) is 0 Å². The number of hydrazine groups is 1. The van der Waals surface area contributed by atoms with E-state index in [1.807, 2.05) is 13.8 Å². The molecule has 0 aromatic rings. The number of amides is 3. The van der Waals surface area contributed by atoms with Crippen molar-refractivity contribution in [3.8, 4) is 0 Å². The van der Waals surface area contributed by atoms with Crippen LogP contribution in [0.5, 0.6) is 0 Å². The molecule has 0 radical (unpaired) electrons. The Hall–Kier alpha value is -2.06. The Bertz CT molecular complexity index is 846. The highest BCUT2D eigenvalue weighted by Crippen LogP contribution is 2.36. The normalized spacial score (nSPS) is 21.4. The number of alkyl halides is 2. The van der Waals surface area contributed by atoms with Crippen molar-refractivity contribution in [1.29, 1.82) is 0 Å².